The Balaban J connectivity index is 2.28. The molecular weight excluding hydrogens is 284 g/mol. The third-order valence-electron chi connectivity index (χ3n) is 3.44. The van der Waals surface area contributed by atoms with Crippen LogP contribution in [0.5, 0.6) is 0 Å². The van der Waals surface area contributed by atoms with Crippen LogP contribution in [0.4, 0.5) is 5.69 Å². The first-order chi connectivity index (χ1) is 10.1. The zero-order valence-electron chi connectivity index (χ0n) is 12.8. The minimum Gasteiger partial charge on any atom is -0.396 e. The second-order valence-electron chi connectivity index (χ2n) is 5.35. The lowest BCUT2D eigenvalue weighted by atomic mass is 10.2. The number of nitrogens with two attached hydrogens (primary N) is 1. The van der Waals surface area contributed by atoms with Gasteiger partial charge in [-0.3, -0.25) is 4.79 Å². The lowest BCUT2D eigenvalue weighted by molar-refractivity contribution is 0.0708. The van der Waals surface area contributed by atoms with E-state index in [0.29, 0.717) is 16.1 Å². The largest absolute Gasteiger partial charge is 0.396 e. The molecule has 0 aliphatic rings. The number of thiophene rings is 1. The quantitative estimate of drug-likeness (QED) is 0.831. The highest BCUT2D eigenvalue weighted by Crippen LogP contribution is 2.31. The molecule has 0 aliphatic carbocycles. The fraction of sp³-hybridized carbons (Fsp3) is 0.533. The van der Waals surface area contributed by atoms with Crippen molar-refractivity contribution in [1.29, 1.82) is 0 Å². The van der Waals surface area contributed by atoms with Crippen molar-refractivity contribution < 1.29 is 4.79 Å². The van der Waals surface area contributed by atoms with Crippen LogP contribution in [0.2, 0.25) is 0 Å². The number of carbonyl (C=O) groups excluding carboxylic acids is 1. The number of aromatic nitrogens is 2. The summed E-state index contributed by atoms with van der Waals surface area (Å²) >= 11 is 1.33. The van der Waals surface area contributed by atoms with Crippen LogP contribution < -0.4 is 5.73 Å². The molecule has 0 aromatic carbocycles. The van der Waals surface area contributed by atoms with Crippen molar-refractivity contribution in [2.24, 2.45) is 0 Å². The highest BCUT2D eigenvalue weighted by atomic mass is 32.1. The van der Waals surface area contributed by atoms with Gasteiger partial charge in [-0.05, 0) is 20.3 Å². The normalized spacial score (nSPS) is 11.2. The zero-order valence-corrected chi connectivity index (χ0v) is 13.6. The maximum absolute atomic E-state index is 12.8. The van der Waals surface area contributed by atoms with Gasteiger partial charge in [0.25, 0.3) is 5.91 Å². The van der Waals surface area contributed by atoms with E-state index >= 15 is 0 Å². The monoisotopic (exact) mass is 306 g/mol. The molecule has 0 fully saturated rings. The molecule has 0 radical (unpaired) electrons. The van der Waals surface area contributed by atoms with Crippen LogP contribution in [-0.2, 0) is 0 Å². The van der Waals surface area contributed by atoms with E-state index < -0.39 is 0 Å². The SMILES string of the molecule is CCCCCN(C(=O)c1sc2nccnc2c1N)C(C)C. The van der Waals surface area contributed by atoms with Crippen molar-refractivity contribution in [1.82, 2.24) is 14.9 Å². The topological polar surface area (TPSA) is 72.1 Å². The molecular formula is C15H22N4OS. The Morgan fingerprint density at radius 3 is 2.67 bits per heavy atom. The lowest BCUT2D eigenvalue weighted by Crippen LogP contribution is -2.37. The second-order valence-corrected chi connectivity index (χ2v) is 6.35. The Morgan fingerprint density at radius 1 is 1.33 bits per heavy atom. The summed E-state index contributed by atoms with van der Waals surface area (Å²) in [5.74, 6) is -0.0107. The average molecular weight is 306 g/mol. The molecule has 6 heteroatoms. The highest BCUT2D eigenvalue weighted by Gasteiger charge is 2.24. The number of amides is 1. The van der Waals surface area contributed by atoms with E-state index in [0.717, 1.165) is 30.6 Å². The van der Waals surface area contributed by atoms with Crippen LogP contribution in [-0.4, -0.2) is 33.4 Å². The van der Waals surface area contributed by atoms with Crippen LogP contribution >= 0.6 is 11.3 Å². The van der Waals surface area contributed by atoms with Crippen molar-refractivity contribution in [2.75, 3.05) is 12.3 Å². The molecule has 2 heterocycles. The van der Waals surface area contributed by atoms with Crippen molar-refractivity contribution in [3.05, 3.63) is 17.3 Å². The minimum atomic E-state index is -0.0107. The summed E-state index contributed by atoms with van der Waals surface area (Å²) in [5, 5.41) is 0. The Morgan fingerprint density at radius 2 is 2.05 bits per heavy atom. The summed E-state index contributed by atoms with van der Waals surface area (Å²) in [4.78, 5) is 24.4. The van der Waals surface area contributed by atoms with Crippen LogP contribution in [0.15, 0.2) is 12.4 Å². The highest BCUT2D eigenvalue weighted by molar-refractivity contribution is 7.21. The maximum Gasteiger partial charge on any atom is 0.266 e. The van der Waals surface area contributed by atoms with Gasteiger partial charge < -0.3 is 10.6 Å². The number of nitrogen functional groups attached to an aromatic ring is 1. The summed E-state index contributed by atoms with van der Waals surface area (Å²) in [5.41, 5.74) is 7.17. The van der Waals surface area contributed by atoms with Crippen molar-refractivity contribution >= 4 is 33.3 Å². The molecule has 0 atom stereocenters. The molecule has 114 valence electrons. The summed E-state index contributed by atoms with van der Waals surface area (Å²) in [6.07, 6.45) is 6.50. The molecule has 0 aliphatic heterocycles. The van der Waals surface area contributed by atoms with Crippen molar-refractivity contribution in [3.63, 3.8) is 0 Å². The van der Waals surface area contributed by atoms with E-state index in [1.54, 1.807) is 12.4 Å². The Labute approximate surface area is 129 Å². The van der Waals surface area contributed by atoms with Gasteiger partial charge in [0.15, 0.2) is 0 Å². The minimum absolute atomic E-state index is 0.0107. The van der Waals surface area contributed by atoms with Gasteiger partial charge >= 0.3 is 0 Å². The molecule has 0 spiro atoms. The van der Waals surface area contributed by atoms with Crippen molar-refractivity contribution in [2.45, 2.75) is 46.1 Å². The van der Waals surface area contributed by atoms with Gasteiger partial charge in [-0.1, -0.05) is 19.8 Å². The lowest BCUT2D eigenvalue weighted by Gasteiger charge is -2.26. The van der Waals surface area contributed by atoms with Crippen LogP contribution in [0.3, 0.4) is 0 Å². The maximum atomic E-state index is 12.8. The van der Waals surface area contributed by atoms with Crippen LogP contribution in [0.25, 0.3) is 10.3 Å². The molecule has 21 heavy (non-hydrogen) atoms. The molecule has 0 unspecified atom stereocenters. The third-order valence-corrected chi connectivity index (χ3v) is 4.53. The van der Waals surface area contributed by atoms with Gasteiger partial charge in [-0.15, -0.1) is 11.3 Å². The molecule has 2 aromatic heterocycles. The van der Waals surface area contributed by atoms with Gasteiger partial charge in [-0.2, -0.15) is 0 Å². The van der Waals surface area contributed by atoms with Crippen LogP contribution in [0.1, 0.15) is 49.7 Å². The second kappa shape index (κ2) is 6.85. The van der Waals surface area contributed by atoms with Gasteiger partial charge in [0.1, 0.15) is 15.2 Å². The fourth-order valence-electron chi connectivity index (χ4n) is 2.26. The van der Waals surface area contributed by atoms with Gasteiger partial charge in [-0.25, -0.2) is 9.97 Å². The first-order valence-electron chi connectivity index (χ1n) is 7.36. The molecule has 2 N–H and O–H groups in total. The standard InChI is InChI=1S/C15H22N4OS/c1-4-5-6-9-19(10(2)3)15(20)13-11(16)12-14(21-13)18-8-7-17-12/h7-8,10H,4-6,9,16H2,1-3H3. The Hall–Kier alpha value is -1.69. The van der Waals surface area contributed by atoms with E-state index in [1.165, 1.54) is 11.3 Å². The summed E-state index contributed by atoms with van der Waals surface area (Å²) in [6, 6.07) is 0.153. The zero-order chi connectivity index (χ0) is 15.4. The predicted octanol–water partition coefficient (Wildman–Crippen LogP) is 3.31. The van der Waals surface area contributed by atoms with E-state index in [1.807, 2.05) is 18.7 Å². The van der Waals surface area contributed by atoms with Gasteiger partial charge in [0, 0.05) is 25.0 Å². The van der Waals surface area contributed by atoms with E-state index in [-0.39, 0.29) is 11.9 Å². The average Bonchev–Trinajstić information content (AvgIpc) is 2.80. The molecule has 0 bridgehead atoms. The Kier molecular flexibility index (Phi) is 5.12. The molecule has 2 rings (SSSR count). The summed E-state index contributed by atoms with van der Waals surface area (Å²) in [6.45, 7) is 6.98. The molecule has 0 saturated carbocycles. The first kappa shape index (κ1) is 15.7. The van der Waals surface area contributed by atoms with E-state index in [9.17, 15) is 4.79 Å². The number of hydrogen-bond acceptors (Lipinski definition) is 5. The molecule has 1 amide bonds. The number of fused-ring (bicyclic) bond motifs is 1. The van der Waals surface area contributed by atoms with Crippen molar-refractivity contribution in [3.8, 4) is 0 Å². The van der Waals surface area contributed by atoms with Gasteiger partial charge in [0.2, 0.25) is 0 Å². The number of unbranched alkanes of at least 4 members (excludes halogenated alkanes) is 2. The van der Waals surface area contributed by atoms with E-state index in [2.05, 4.69) is 16.9 Å². The molecule has 5 nitrogen and oxygen atoms in total. The number of rotatable bonds is 6. The number of carbonyl (C=O) groups is 1. The molecule has 0 saturated heterocycles. The summed E-state index contributed by atoms with van der Waals surface area (Å²) < 4.78 is 0. The number of hydrogen-bond donors (Lipinski definition) is 1. The smallest absolute Gasteiger partial charge is 0.266 e. The Bertz CT molecular complexity index is 623. The first-order valence-corrected chi connectivity index (χ1v) is 8.17. The number of anilines is 1. The fourth-order valence-corrected chi connectivity index (χ4v) is 3.24. The van der Waals surface area contributed by atoms with Crippen LogP contribution in [0, 0.1) is 0 Å². The number of nitrogens with zero attached hydrogens (tertiary/aromatic N) is 3. The third kappa shape index (κ3) is 3.32. The van der Waals surface area contributed by atoms with E-state index in [4.69, 9.17) is 5.73 Å². The predicted molar refractivity (Wildman–Crippen MR) is 87.5 cm³/mol. The molecule has 2 aromatic rings. The van der Waals surface area contributed by atoms with Gasteiger partial charge in [0.05, 0.1) is 5.69 Å². The summed E-state index contributed by atoms with van der Waals surface area (Å²) in [7, 11) is 0.